The molecule has 0 amide bonds. The quantitative estimate of drug-likeness (QED) is 0.810. The highest BCUT2D eigenvalue weighted by Gasteiger charge is 2.19. The van der Waals surface area contributed by atoms with Crippen LogP contribution in [0, 0.1) is 0 Å². The Morgan fingerprint density at radius 3 is 3.06 bits per heavy atom. The Hall–Kier alpha value is -1.62. The summed E-state index contributed by atoms with van der Waals surface area (Å²) in [7, 11) is 1.93. The Bertz CT molecular complexity index is 478. The molecular formula is C11H15N5. The lowest BCUT2D eigenvalue weighted by molar-refractivity contribution is 0.551. The van der Waals surface area contributed by atoms with Crippen LogP contribution in [-0.4, -0.2) is 32.4 Å². The Morgan fingerprint density at radius 1 is 1.44 bits per heavy atom. The first-order valence-corrected chi connectivity index (χ1v) is 5.56. The maximum absolute atomic E-state index is 4.25. The smallest absolute Gasteiger partial charge is 0.0954 e. The third-order valence-electron chi connectivity index (χ3n) is 3.09. The van der Waals surface area contributed by atoms with Crippen molar-refractivity contribution in [3.8, 4) is 11.3 Å². The van der Waals surface area contributed by atoms with Crippen LogP contribution in [0.1, 0.15) is 12.5 Å². The summed E-state index contributed by atoms with van der Waals surface area (Å²) in [6, 6.07) is 0.526. The minimum Gasteiger partial charge on any atom is -0.326 e. The molecule has 0 aromatic carbocycles. The molecule has 84 valence electrons. The van der Waals surface area contributed by atoms with Crippen LogP contribution in [0.15, 0.2) is 24.9 Å². The van der Waals surface area contributed by atoms with Crippen molar-refractivity contribution in [1.82, 2.24) is 24.6 Å². The third-order valence-corrected chi connectivity index (χ3v) is 3.09. The summed E-state index contributed by atoms with van der Waals surface area (Å²) < 4.78 is 4.07. The summed E-state index contributed by atoms with van der Waals surface area (Å²) >= 11 is 0. The molecule has 0 spiro atoms. The minimum absolute atomic E-state index is 0.526. The van der Waals surface area contributed by atoms with Gasteiger partial charge in [-0.2, -0.15) is 5.10 Å². The van der Waals surface area contributed by atoms with E-state index in [0.717, 1.165) is 24.3 Å². The van der Waals surface area contributed by atoms with Crippen molar-refractivity contribution in [2.75, 3.05) is 13.1 Å². The molecule has 0 radical (unpaired) electrons. The molecule has 1 fully saturated rings. The SMILES string of the molecule is Cn1cc(-c2cncn2C2CCNC2)cn1. The molecule has 5 heteroatoms. The molecule has 2 aromatic rings. The fourth-order valence-electron chi connectivity index (χ4n) is 2.25. The number of aromatic nitrogens is 4. The fraction of sp³-hybridized carbons (Fsp3) is 0.455. The first kappa shape index (κ1) is 9.59. The first-order chi connectivity index (χ1) is 7.84. The van der Waals surface area contributed by atoms with Crippen LogP contribution < -0.4 is 5.32 Å². The van der Waals surface area contributed by atoms with Crippen molar-refractivity contribution >= 4 is 0 Å². The van der Waals surface area contributed by atoms with E-state index < -0.39 is 0 Å². The maximum Gasteiger partial charge on any atom is 0.0954 e. The number of nitrogens with one attached hydrogen (secondary N) is 1. The minimum atomic E-state index is 0.526. The lowest BCUT2D eigenvalue weighted by Gasteiger charge is -2.13. The van der Waals surface area contributed by atoms with Crippen LogP contribution in [0.25, 0.3) is 11.3 Å². The van der Waals surface area contributed by atoms with Crippen molar-refractivity contribution in [3.63, 3.8) is 0 Å². The van der Waals surface area contributed by atoms with Crippen LogP contribution >= 0.6 is 0 Å². The topological polar surface area (TPSA) is 47.7 Å². The van der Waals surface area contributed by atoms with E-state index in [1.807, 2.05) is 36.6 Å². The molecule has 1 unspecified atom stereocenters. The lowest BCUT2D eigenvalue weighted by Crippen LogP contribution is -2.13. The number of imidazole rings is 1. The zero-order valence-corrected chi connectivity index (χ0v) is 9.30. The number of rotatable bonds is 2. The highest BCUT2D eigenvalue weighted by Crippen LogP contribution is 2.24. The molecule has 0 aliphatic carbocycles. The van der Waals surface area contributed by atoms with Crippen LogP contribution in [0.5, 0.6) is 0 Å². The van der Waals surface area contributed by atoms with Gasteiger partial charge in [0.05, 0.1) is 24.4 Å². The van der Waals surface area contributed by atoms with Crippen molar-refractivity contribution < 1.29 is 0 Å². The van der Waals surface area contributed by atoms with Crippen molar-refractivity contribution in [2.45, 2.75) is 12.5 Å². The molecule has 1 atom stereocenters. The van der Waals surface area contributed by atoms with Gasteiger partial charge in [0.25, 0.3) is 0 Å². The molecule has 0 bridgehead atoms. The van der Waals surface area contributed by atoms with Gasteiger partial charge in [0.2, 0.25) is 0 Å². The number of aryl methyl sites for hydroxylation is 1. The van der Waals surface area contributed by atoms with E-state index in [9.17, 15) is 0 Å². The van der Waals surface area contributed by atoms with Gasteiger partial charge in [-0.05, 0) is 13.0 Å². The van der Waals surface area contributed by atoms with E-state index in [4.69, 9.17) is 0 Å². The lowest BCUT2D eigenvalue weighted by atomic mass is 10.2. The average Bonchev–Trinajstić information content (AvgIpc) is 2.96. The highest BCUT2D eigenvalue weighted by atomic mass is 15.2. The molecular weight excluding hydrogens is 202 g/mol. The Kier molecular flexibility index (Phi) is 2.25. The zero-order chi connectivity index (χ0) is 11.0. The van der Waals surface area contributed by atoms with Gasteiger partial charge >= 0.3 is 0 Å². The Balaban J connectivity index is 1.98. The van der Waals surface area contributed by atoms with Gasteiger partial charge in [-0.3, -0.25) is 4.68 Å². The summed E-state index contributed by atoms with van der Waals surface area (Å²) in [6.45, 7) is 2.12. The summed E-state index contributed by atoms with van der Waals surface area (Å²) in [4.78, 5) is 4.25. The van der Waals surface area contributed by atoms with Crippen LogP contribution in [0.2, 0.25) is 0 Å². The molecule has 0 saturated carbocycles. The molecule has 1 aliphatic heterocycles. The van der Waals surface area contributed by atoms with Gasteiger partial charge in [0.15, 0.2) is 0 Å². The summed E-state index contributed by atoms with van der Waals surface area (Å²) in [6.07, 6.45) is 8.91. The molecule has 16 heavy (non-hydrogen) atoms. The molecule has 5 nitrogen and oxygen atoms in total. The average molecular weight is 217 g/mol. The predicted molar refractivity (Wildman–Crippen MR) is 61.0 cm³/mol. The number of hydrogen-bond acceptors (Lipinski definition) is 3. The van der Waals surface area contributed by atoms with Crippen LogP contribution in [0.3, 0.4) is 0 Å². The summed E-state index contributed by atoms with van der Waals surface area (Å²) in [5.74, 6) is 0. The molecule has 1 aliphatic rings. The van der Waals surface area contributed by atoms with Gasteiger partial charge in [0, 0.05) is 31.4 Å². The Morgan fingerprint density at radius 2 is 2.38 bits per heavy atom. The van der Waals surface area contributed by atoms with Crippen molar-refractivity contribution in [1.29, 1.82) is 0 Å². The second-order valence-corrected chi connectivity index (χ2v) is 4.24. The normalized spacial score (nSPS) is 20.4. The van der Waals surface area contributed by atoms with Gasteiger partial charge in [-0.1, -0.05) is 0 Å². The zero-order valence-electron chi connectivity index (χ0n) is 9.30. The number of nitrogens with zero attached hydrogens (tertiary/aromatic N) is 4. The molecule has 1 N–H and O–H groups in total. The van der Waals surface area contributed by atoms with E-state index >= 15 is 0 Å². The monoisotopic (exact) mass is 217 g/mol. The van der Waals surface area contributed by atoms with E-state index in [0.29, 0.717) is 6.04 Å². The van der Waals surface area contributed by atoms with Crippen molar-refractivity contribution in [2.24, 2.45) is 7.05 Å². The second-order valence-electron chi connectivity index (χ2n) is 4.24. The molecule has 1 saturated heterocycles. The summed E-state index contributed by atoms with van der Waals surface area (Å²) in [5, 5.41) is 7.58. The Labute approximate surface area is 94.1 Å². The van der Waals surface area contributed by atoms with Gasteiger partial charge in [-0.15, -0.1) is 0 Å². The number of hydrogen-bond donors (Lipinski definition) is 1. The van der Waals surface area contributed by atoms with Crippen LogP contribution in [0.4, 0.5) is 0 Å². The van der Waals surface area contributed by atoms with E-state index in [1.54, 1.807) is 0 Å². The standard InChI is InChI=1S/C11H15N5/c1-15-7-9(4-14-15)11-6-13-8-16(11)10-2-3-12-5-10/h4,6-8,10,12H,2-3,5H2,1H3. The molecule has 2 aromatic heterocycles. The van der Waals surface area contributed by atoms with E-state index in [2.05, 4.69) is 20.0 Å². The van der Waals surface area contributed by atoms with Gasteiger partial charge in [0.1, 0.15) is 0 Å². The van der Waals surface area contributed by atoms with Crippen molar-refractivity contribution in [3.05, 3.63) is 24.9 Å². The second kappa shape index (κ2) is 3.75. The van der Waals surface area contributed by atoms with Gasteiger partial charge < -0.3 is 9.88 Å². The molecule has 3 heterocycles. The maximum atomic E-state index is 4.25. The highest BCUT2D eigenvalue weighted by molar-refractivity contribution is 5.56. The largest absolute Gasteiger partial charge is 0.326 e. The van der Waals surface area contributed by atoms with E-state index in [1.165, 1.54) is 6.42 Å². The van der Waals surface area contributed by atoms with E-state index in [-0.39, 0.29) is 0 Å². The summed E-state index contributed by atoms with van der Waals surface area (Å²) in [5.41, 5.74) is 2.29. The molecule has 3 rings (SSSR count). The fourth-order valence-corrected chi connectivity index (χ4v) is 2.25. The van der Waals surface area contributed by atoms with Crippen LogP contribution in [-0.2, 0) is 7.05 Å². The third kappa shape index (κ3) is 1.53. The van der Waals surface area contributed by atoms with Gasteiger partial charge in [-0.25, -0.2) is 4.98 Å². The predicted octanol–water partition coefficient (Wildman–Crippen LogP) is 0.818. The first-order valence-electron chi connectivity index (χ1n) is 5.56.